The molecular weight excluding hydrogens is 260 g/mol. The van der Waals surface area contributed by atoms with Gasteiger partial charge in [0.1, 0.15) is 10.8 Å². The van der Waals surface area contributed by atoms with Crippen molar-refractivity contribution >= 4 is 17.1 Å². The van der Waals surface area contributed by atoms with Crippen molar-refractivity contribution in [3.8, 4) is 5.75 Å². The molecule has 0 spiro atoms. The van der Waals surface area contributed by atoms with E-state index in [1.807, 2.05) is 0 Å². The van der Waals surface area contributed by atoms with Crippen molar-refractivity contribution in [2.24, 2.45) is 0 Å². The fourth-order valence-corrected chi connectivity index (χ4v) is 2.08. The Morgan fingerprint density at radius 3 is 2.83 bits per heavy atom. The maximum atomic E-state index is 12.2. The molecule has 2 aromatic rings. The van der Waals surface area contributed by atoms with Crippen LogP contribution in [0.15, 0.2) is 35.8 Å². The summed E-state index contributed by atoms with van der Waals surface area (Å²) in [5, 5.41) is 2.40. The van der Waals surface area contributed by atoms with Crippen LogP contribution < -0.4 is 4.74 Å². The first kappa shape index (κ1) is 12.6. The molecule has 3 nitrogen and oxygen atoms in total. The third-order valence-electron chi connectivity index (χ3n) is 2.20. The van der Waals surface area contributed by atoms with Crippen molar-refractivity contribution in [1.29, 1.82) is 0 Å². The molecule has 1 aromatic carbocycles. The van der Waals surface area contributed by atoms with Gasteiger partial charge in [-0.2, -0.15) is 8.78 Å². The lowest BCUT2D eigenvalue weighted by Gasteiger charge is -2.08. The third-order valence-corrected chi connectivity index (χ3v) is 2.98. The Balaban J connectivity index is 2.19. The average Bonchev–Trinajstić information content (AvgIpc) is 2.81. The predicted octanol–water partition coefficient (Wildman–Crippen LogP) is 3.17. The summed E-state index contributed by atoms with van der Waals surface area (Å²) in [4.78, 5) is 15.9. The van der Waals surface area contributed by atoms with E-state index in [2.05, 4.69) is 9.72 Å². The van der Waals surface area contributed by atoms with Crippen LogP contribution in [0.5, 0.6) is 5.75 Å². The van der Waals surface area contributed by atoms with Gasteiger partial charge in [-0.3, -0.25) is 4.79 Å². The molecule has 1 heterocycles. The number of hydrogen-bond acceptors (Lipinski definition) is 4. The van der Waals surface area contributed by atoms with E-state index in [1.165, 1.54) is 29.5 Å². The highest BCUT2D eigenvalue weighted by molar-refractivity contribution is 7.09. The molecule has 1 aromatic heterocycles. The van der Waals surface area contributed by atoms with E-state index in [0.717, 1.165) is 0 Å². The standard InChI is InChI=1S/C12H9F2NO2S/c13-12(14)17-10-4-2-1-3-8(10)9(16)7-11-15-5-6-18-11/h1-6,12H,7H2. The van der Waals surface area contributed by atoms with Crippen LogP contribution in [0.4, 0.5) is 8.78 Å². The summed E-state index contributed by atoms with van der Waals surface area (Å²) in [5.41, 5.74) is 0.146. The lowest BCUT2D eigenvalue weighted by Crippen LogP contribution is -2.09. The number of benzene rings is 1. The van der Waals surface area contributed by atoms with E-state index >= 15 is 0 Å². The molecule has 0 unspecified atom stereocenters. The van der Waals surface area contributed by atoms with Gasteiger partial charge in [0.25, 0.3) is 0 Å². The van der Waals surface area contributed by atoms with Crippen LogP contribution >= 0.6 is 11.3 Å². The van der Waals surface area contributed by atoms with E-state index in [9.17, 15) is 13.6 Å². The Hall–Kier alpha value is -1.82. The van der Waals surface area contributed by atoms with Crippen LogP contribution in [-0.2, 0) is 6.42 Å². The summed E-state index contributed by atoms with van der Waals surface area (Å²) in [7, 11) is 0. The number of para-hydroxylation sites is 1. The molecular formula is C12H9F2NO2S. The zero-order valence-electron chi connectivity index (χ0n) is 9.18. The Morgan fingerprint density at radius 2 is 2.17 bits per heavy atom. The summed E-state index contributed by atoms with van der Waals surface area (Å²) >= 11 is 1.34. The molecule has 0 fully saturated rings. The number of halogens is 2. The molecule has 0 aliphatic carbocycles. The molecule has 0 radical (unpaired) electrons. The molecule has 94 valence electrons. The minimum Gasteiger partial charge on any atom is -0.434 e. The zero-order chi connectivity index (χ0) is 13.0. The minimum absolute atomic E-state index is 0.0846. The SMILES string of the molecule is O=C(Cc1nccs1)c1ccccc1OC(F)F. The van der Waals surface area contributed by atoms with Crippen molar-refractivity contribution < 1.29 is 18.3 Å². The van der Waals surface area contributed by atoms with Gasteiger partial charge in [0.05, 0.1) is 12.0 Å². The predicted molar refractivity (Wildman–Crippen MR) is 63.2 cm³/mol. The number of alkyl halides is 2. The van der Waals surface area contributed by atoms with Crippen LogP contribution in [0, 0.1) is 0 Å². The second kappa shape index (κ2) is 5.68. The number of ketones is 1. The van der Waals surface area contributed by atoms with Gasteiger partial charge in [0, 0.05) is 11.6 Å². The van der Waals surface area contributed by atoms with Gasteiger partial charge < -0.3 is 4.74 Å². The molecule has 2 rings (SSSR count). The molecule has 0 atom stereocenters. The topological polar surface area (TPSA) is 39.2 Å². The fourth-order valence-electron chi connectivity index (χ4n) is 1.47. The molecule has 6 heteroatoms. The van der Waals surface area contributed by atoms with Crippen LogP contribution in [0.2, 0.25) is 0 Å². The Bertz CT molecular complexity index is 529. The molecule has 18 heavy (non-hydrogen) atoms. The first-order valence-electron chi connectivity index (χ1n) is 5.12. The minimum atomic E-state index is -2.95. The van der Waals surface area contributed by atoms with Gasteiger partial charge >= 0.3 is 6.61 Å². The number of rotatable bonds is 5. The van der Waals surface area contributed by atoms with E-state index in [4.69, 9.17) is 0 Å². The Labute approximate surface area is 106 Å². The van der Waals surface area contributed by atoms with E-state index < -0.39 is 6.61 Å². The average molecular weight is 269 g/mol. The summed E-state index contributed by atoms with van der Waals surface area (Å²) in [5.74, 6) is -0.393. The summed E-state index contributed by atoms with van der Waals surface area (Å²) < 4.78 is 28.7. The van der Waals surface area contributed by atoms with Crippen molar-refractivity contribution in [1.82, 2.24) is 4.98 Å². The maximum Gasteiger partial charge on any atom is 0.387 e. The smallest absolute Gasteiger partial charge is 0.387 e. The quantitative estimate of drug-likeness (QED) is 0.783. The lowest BCUT2D eigenvalue weighted by molar-refractivity contribution is -0.0501. The van der Waals surface area contributed by atoms with Crippen molar-refractivity contribution in [3.05, 3.63) is 46.4 Å². The number of carbonyl (C=O) groups is 1. The molecule has 0 saturated heterocycles. The number of ether oxygens (including phenoxy) is 1. The second-order valence-electron chi connectivity index (χ2n) is 3.40. The van der Waals surface area contributed by atoms with Gasteiger partial charge in [-0.1, -0.05) is 12.1 Å². The summed E-state index contributed by atoms with van der Waals surface area (Å²) in [6, 6.07) is 5.96. The number of Topliss-reactive ketones (excluding diaryl/α,β-unsaturated/α-hetero) is 1. The van der Waals surface area contributed by atoms with Crippen LogP contribution in [-0.4, -0.2) is 17.4 Å². The zero-order valence-corrected chi connectivity index (χ0v) is 9.99. The summed E-state index contributed by atoms with van der Waals surface area (Å²) in [6.07, 6.45) is 1.68. The highest BCUT2D eigenvalue weighted by atomic mass is 32.1. The van der Waals surface area contributed by atoms with Gasteiger partial charge in [-0.05, 0) is 12.1 Å². The second-order valence-corrected chi connectivity index (χ2v) is 4.38. The van der Waals surface area contributed by atoms with Gasteiger partial charge in [-0.15, -0.1) is 11.3 Å². The van der Waals surface area contributed by atoms with Crippen molar-refractivity contribution in [2.75, 3.05) is 0 Å². The highest BCUT2D eigenvalue weighted by Gasteiger charge is 2.16. The van der Waals surface area contributed by atoms with Crippen LogP contribution in [0.25, 0.3) is 0 Å². The molecule has 0 bridgehead atoms. The first-order chi connectivity index (χ1) is 8.66. The van der Waals surface area contributed by atoms with Gasteiger partial charge in [0.2, 0.25) is 0 Å². The van der Waals surface area contributed by atoms with E-state index in [1.54, 1.807) is 17.6 Å². The number of carbonyl (C=O) groups excluding carboxylic acids is 1. The molecule has 0 N–H and O–H groups in total. The maximum absolute atomic E-state index is 12.2. The number of nitrogens with zero attached hydrogens (tertiary/aromatic N) is 1. The number of hydrogen-bond donors (Lipinski definition) is 0. The van der Waals surface area contributed by atoms with Crippen molar-refractivity contribution in [3.63, 3.8) is 0 Å². The van der Waals surface area contributed by atoms with Crippen LogP contribution in [0.1, 0.15) is 15.4 Å². The van der Waals surface area contributed by atoms with Crippen molar-refractivity contribution in [2.45, 2.75) is 13.0 Å². The fraction of sp³-hybridized carbons (Fsp3) is 0.167. The molecule has 0 saturated carbocycles. The summed E-state index contributed by atoms with van der Waals surface area (Å²) in [6.45, 7) is -2.95. The number of aromatic nitrogens is 1. The largest absolute Gasteiger partial charge is 0.434 e. The molecule has 0 amide bonds. The Kier molecular flexibility index (Phi) is 3.99. The van der Waals surface area contributed by atoms with Gasteiger partial charge in [0.15, 0.2) is 5.78 Å². The molecule has 0 aliphatic rings. The highest BCUT2D eigenvalue weighted by Crippen LogP contribution is 2.22. The van der Waals surface area contributed by atoms with E-state index in [-0.39, 0.29) is 23.5 Å². The van der Waals surface area contributed by atoms with E-state index in [0.29, 0.717) is 5.01 Å². The third kappa shape index (κ3) is 3.10. The molecule has 0 aliphatic heterocycles. The number of thiazole rings is 1. The Morgan fingerprint density at radius 1 is 1.39 bits per heavy atom. The monoisotopic (exact) mass is 269 g/mol. The normalized spacial score (nSPS) is 10.6. The van der Waals surface area contributed by atoms with Crippen LogP contribution in [0.3, 0.4) is 0 Å². The first-order valence-corrected chi connectivity index (χ1v) is 6.00. The van der Waals surface area contributed by atoms with Gasteiger partial charge in [-0.25, -0.2) is 4.98 Å². The lowest BCUT2D eigenvalue weighted by atomic mass is 10.1.